The highest BCUT2D eigenvalue weighted by molar-refractivity contribution is 6.19. The highest BCUT2D eigenvalue weighted by atomic mass is 16.6. The number of nitro groups is 1. The highest BCUT2D eigenvalue weighted by Gasteiger charge is 2.36. The molecule has 2 amide bonds. The summed E-state index contributed by atoms with van der Waals surface area (Å²) in [6, 6.07) is 14.3. The highest BCUT2D eigenvalue weighted by Crippen LogP contribution is 2.31. The molecule has 9 heteroatoms. The second kappa shape index (κ2) is 8.20. The lowest BCUT2D eigenvalue weighted by atomic mass is 9.94. The fourth-order valence-electron chi connectivity index (χ4n) is 3.33. The third-order valence-electron chi connectivity index (χ3n) is 4.97. The van der Waals surface area contributed by atoms with Gasteiger partial charge in [-0.15, -0.1) is 0 Å². The third kappa shape index (κ3) is 3.73. The second-order valence-electron chi connectivity index (χ2n) is 6.96. The molecule has 1 aliphatic heterocycles. The van der Waals surface area contributed by atoms with Crippen LogP contribution in [0.2, 0.25) is 0 Å². The van der Waals surface area contributed by atoms with Gasteiger partial charge < -0.3 is 8.83 Å². The van der Waals surface area contributed by atoms with Crippen molar-refractivity contribution in [3.05, 3.63) is 93.1 Å². The van der Waals surface area contributed by atoms with Crippen LogP contribution in [0.4, 0.5) is 5.69 Å². The van der Waals surface area contributed by atoms with Gasteiger partial charge in [-0.2, -0.15) is 5.26 Å². The standard InChI is InChI=1S/C23H15N3O6/c1-14-19(22(27)25(23(28)20(14)12-24)13-18-6-3-9-31-18)11-17-7-8-21(32-17)15-4-2-5-16(10-15)26(29)30/h2-11H,13H2,1H3/b19-11+. The van der Waals surface area contributed by atoms with Gasteiger partial charge in [-0.25, -0.2) is 0 Å². The van der Waals surface area contributed by atoms with Crippen molar-refractivity contribution in [2.75, 3.05) is 0 Å². The molecule has 0 spiro atoms. The van der Waals surface area contributed by atoms with E-state index in [0.29, 0.717) is 22.8 Å². The number of amides is 2. The van der Waals surface area contributed by atoms with Crippen molar-refractivity contribution in [1.82, 2.24) is 4.90 Å². The number of furan rings is 2. The molecular weight excluding hydrogens is 414 g/mol. The molecule has 3 aromatic rings. The molecular formula is C23H15N3O6. The SMILES string of the molecule is CC1=C(C#N)C(=O)N(Cc2ccco2)C(=O)/C1=C/c1ccc(-c2cccc([N+](=O)[O-])c2)o1. The number of imide groups is 1. The number of nitrogens with zero attached hydrogens (tertiary/aromatic N) is 3. The van der Waals surface area contributed by atoms with Crippen LogP contribution in [0.5, 0.6) is 0 Å². The Morgan fingerprint density at radius 3 is 2.66 bits per heavy atom. The molecule has 0 radical (unpaired) electrons. The summed E-state index contributed by atoms with van der Waals surface area (Å²) in [6.07, 6.45) is 2.87. The Labute approximate surface area is 181 Å². The van der Waals surface area contributed by atoms with E-state index in [-0.39, 0.29) is 29.0 Å². The average molecular weight is 429 g/mol. The van der Waals surface area contributed by atoms with Gasteiger partial charge in [0.15, 0.2) is 0 Å². The first-order valence-corrected chi connectivity index (χ1v) is 9.45. The number of carbonyl (C=O) groups is 2. The number of nitriles is 1. The van der Waals surface area contributed by atoms with Gasteiger partial charge in [0.2, 0.25) is 0 Å². The average Bonchev–Trinajstić information content (AvgIpc) is 3.47. The summed E-state index contributed by atoms with van der Waals surface area (Å²) in [5, 5.41) is 20.5. The number of hydrogen-bond acceptors (Lipinski definition) is 7. The summed E-state index contributed by atoms with van der Waals surface area (Å²) in [6.45, 7) is 1.41. The van der Waals surface area contributed by atoms with Crippen molar-refractivity contribution in [3.63, 3.8) is 0 Å². The Morgan fingerprint density at radius 1 is 1.16 bits per heavy atom. The number of non-ortho nitro benzene ring substituents is 1. The topological polar surface area (TPSA) is 131 Å². The first-order chi connectivity index (χ1) is 15.4. The van der Waals surface area contributed by atoms with Crippen LogP contribution in [0.1, 0.15) is 18.4 Å². The van der Waals surface area contributed by atoms with Crippen molar-refractivity contribution in [2.24, 2.45) is 0 Å². The van der Waals surface area contributed by atoms with Crippen LogP contribution < -0.4 is 0 Å². The summed E-state index contributed by atoms with van der Waals surface area (Å²) in [4.78, 5) is 37.2. The maximum absolute atomic E-state index is 13.1. The molecule has 9 nitrogen and oxygen atoms in total. The number of nitro benzene ring substituents is 1. The Morgan fingerprint density at radius 2 is 1.97 bits per heavy atom. The normalized spacial score (nSPS) is 15.4. The zero-order chi connectivity index (χ0) is 22.8. The van der Waals surface area contributed by atoms with Gasteiger partial charge in [-0.05, 0) is 42.8 Å². The smallest absolute Gasteiger partial charge is 0.272 e. The molecule has 3 heterocycles. The first-order valence-electron chi connectivity index (χ1n) is 9.45. The maximum Gasteiger partial charge on any atom is 0.272 e. The minimum Gasteiger partial charge on any atom is -0.467 e. The molecule has 158 valence electrons. The van der Waals surface area contributed by atoms with Crippen molar-refractivity contribution in [3.8, 4) is 17.4 Å². The molecule has 32 heavy (non-hydrogen) atoms. The Balaban J connectivity index is 1.71. The van der Waals surface area contributed by atoms with E-state index < -0.39 is 16.7 Å². The van der Waals surface area contributed by atoms with Gasteiger partial charge in [0, 0.05) is 23.3 Å². The lowest BCUT2D eigenvalue weighted by Gasteiger charge is -2.26. The van der Waals surface area contributed by atoms with E-state index in [1.54, 1.807) is 36.4 Å². The fraction of sp³-hybridized carbons (Fsp3) is 0.0870. The molecule has 1 aliphatic rings. The molecule has 0 fully saturated rings. The second-order valence-corrected chi connectivity index (χ2v) is 6.96. The summed E-state index contributed by atoms with van der Waals surface area (Å²) >= 11 is 0. The fourth-order valence-corrected chi connectivity index (χ4v) is 3.33. The molecule has 4 rings (SSSR count). The van der Waals surface area contributed by atoms with E-state index in [4.69, 9.17) is 8.83 Å². The monoisotopic (exact) mass is 429 g/mol. The Kier molecular flexibility index (Phi) is 5.27. The predicted octanol–water partition coefficient (Wildman–Crippen LogP) is 4.24. The molecule has 0 unspecified atom stereocenters. The molecule has 0 saturated heterocycles. The minimum atomic E-state index is -0.694. The van der Waals surface area contributed by atoms with Crippen LogP contribution in [-0.4, -0.2) is 21.6 Å². The van der Waals surface area contributed by atoms with Crippen molar-refractivity contribution < 1.29 is 23.3 Å². The largest absolute Gasteiger partial charge is 0.467 e. The van der Waals surface area contributed by atoms with Crippen molar-refractivity contribution >= 4 is 23.6 Å². The minimum absolute atomic E-state index is 0.0780. The predicted molar refractivity (Wildman–Crippen MR) is 111 cm³/mol. The van der Waals surface area contributed by atoms with E-state index in [1.807, 2.05) is 6.07 Å². The van der Waals surface area contributed by atoms with Gasteiger partial charge in [0.05, 0.1) is 17.7 Å². The molecule has 1 aromatic carbocycles. The number of rotatable bonds is 5. The van der Waals surface area contributed by atoms with Crippen LogP contribution in [0, 0.1) is 21.4 Å². The molecule has 0 aliphatic carbocycles. The van der Waals surface area contributed by atoms with Crippen LogP contribution in [0.15, 0.2) is 80.3 Å². The number of benzene rings is 1. The Hall–Kier alpha value is -4.71. The van der Waals surface area contributed by atoms with E-state index >= 15 is 0 Å². The van der Waals surface area contributed by atoms with Gasteiger partial charge >= 0.3 is 0 Å². The molecule has 0 N–H and O–H groups in total. The summed E-state index contributed by atoms with van der Waals surface area (Å²) in [5.41, 5.74) is 0.649. The molecule has 0 saturated carbocycles. The summed E-state index contributed by atoms with van der Waals surface area (Å²) in [7, 11) is 0. The van der Waals surface area contributed by atoms with Crippen molar-refractivity contribution in [1.29, 1.82) is 5.26 Å². The van der Waals surface area contributed by atoms with Gasteiger partial charge in [0.1, 0.15) is 28.9 Å². The lowest BCUT2D eigenvalue weighted by Crippen LogP contribution is -2.42. The summed E-state index contributed by atoms with van der Waals surface area (Å²) < 4.78 is 11.0. The maximum atomic E-state index is 13.1. The van der Waals surface area contributed by atoms with Crippen LogP contribution >= 0.6 is 0 Å². The quantitative estimate of drug-likeness (QED) is 0.256. The first kappa shape index (κ1) is 20.6. The van der Waals surface area contributed by atoms with Crippen molar-refractivity contribution in [2.45, 2.75) is 13.5 Å². The van der Waals surface area contributed by atoms with E-state index in [9.17, 15) is 25.0 Å². The molecule has 0 atom stereocenters. The zero-order valence-corrected chi connectivity index (χ0v) is 16.8. The molecule has 0 bridgehead atoms. The number of carbonyl (C=O) groups excluding carboxylic acids is 2. The number of hydrogen-bond donors (Lipinski definition) is 0. The lowest BCUT2D eigenvalue weighted by molar-refractivity contribution is -0.384. The van der Waals surface area contributed by atoms with E-state index in [2.05, 4.69) is 0 Å². The molecule has 2 aromatic heterocycles. The van der Waals surface area contributed by atoms with E-state index in [1.165, 1.54) is 31.4 Å². The van der Waals surface area contributed by atoms with Gasteiger partial charge in [-0.1, -0.05) is 12.1 Å². The Bertz CT molecular complexity index is 1340. The van der Waals surface area contributed by atoms with Crippen LogP contribution in [-0.2, 0) is 16.1 Å². The van der Waals surface area contributed by atoms with Gasteiger partial charge in [-0.3, -0.25) is 24.6 Å². The van der Waals surface area contributed by atoms with Gasteiger partial charge in [0.25, 0.3) is 17.5 Å². The van der Waals surface area contributed by atoms with Crippen LogP contribution in [0.25, 0.3) is 17.4 Å². The zero-order valence-electron chi connectivity index (χ0n) is 16.8. The van der Waals surface area contributed by atoms with E-state index in [0.717, 1.165) is 4.90 Å². The third-order valence-corrected chi connectivity index (χ3v) is 4.97. The summed E-state index contributed by atoms with van der Waals surface area (Å²) in [5.74, 6) is -0.224. The van der Waals surface area contributed by atoms with Crippen LogP contribution in [0.3, 0.4) is 0 Å².